The summed E-state index contributed by atoms with van der Waals surface area (Å²) in [5.41, 5.74) is 0.739. The Balaban J connectivity index is 0.00000226. The number of carboxylic acids is 1. The first-order valence-corrected chi connectivity index (χ1v) is 13.0. The van der Waals surface area contributed by atoms with Crippen molar-refractivity contribution in [3.63, 3.8) is 0 Å². The van der Waals surface area contributed by atoms with Gasteiger partial charge < -0.3 is 19.3 Å². The lowest BCUT2D eigenvalue weighted by atomic mass is 10.0. The number of hydrogen-bond donors (Lipinski definition) is 1. The van der Waals surface area contributed by atoms with Crippen LogP contribution < -0.4 is 14.2 Å². The largest absolute Gasteiger partial charge is 0.481 e. The number of carboxylic acid groups (broad SMARTS) is 1. The molecule has 4 aromatic carbocycles. The highest BCUT2D eigenvalue weighted by Crippen LogP contribution is 2.41. The van der Waals surface area contributed by atoms with E-state index in [9.17, 15) is 22.4 Å². The van der Waals surface area contributed by atoms with Gasteiger partial charge in [-0.25, -0.2) is 4.39 Å². The monoisotopic (exact) mass is 590 g/mol. The zero-order chi connectivity index (χ0) is 30.2. The van der Waals surface area contributed by atoms with Gasteiger partial charge in [-0.1, -0.05) is 37.6 Å². The summed E-state index contributed by atoms with van der Waals surface area (Å²) in [5, 5.41) is 9.14. The summed E-state index contributed by atoms with van der Waals surface area (Å²) < 4.78 is 71.0. The van der Waals surface area contributed by atoms with E-state index < -0.39 is 23.5 Å². The average molecular weight is 591 g/mol. The van der Waals surface area contributed by atoms with Gasteiger partial charge >= 0.3 is 12.1 Å². The zero-order valence-electron chi connectivity index (χ0n) is 22.4. The van der Waals surface area contributed by atoms with Crippen molar-refractivity contribution in [1.29, 1.82) is 0 Å². The smallest absolute Gasteiger partial charge is 0.416 e. The lowest BCUT2D eigenvalue weighted by molar-refractivity contribution is -0.138. The fourth-order valence-corrected chi connectivity index (χ4v) is 3.89. The first-order valence-electron chi connectivity index (χ1n) is 12.6. The van der Waals surface area contributed by atoms with E-state index >= 15 is 0 Å². The summed E-state index contributed by atoms with van der Waals surface area (Å²) in [5.74, 6) is -0.987. The Hall–Kier alpha value is -4.24. The van der Waals surface area contributed by atoms with Crippen LogP contribution in [-0.4, -0.2) is 11.1 Å². The summed E-state index contributed by atoms with van der Waals surface area (Å²) >= 11 is 6.24. The predicted octanol–water partition coefficient (Wildman–Crippen LogP) is 10.2. The van der Waals surface area contributed by atoms with Gasteiger partial charge in [0.15, 0.2) is 11.5 Å². The number of ether oxygens (including phenoxy) is 3. The highest BCUT2D eigenvalue weighted by molar-refractivity contribution is 6.30. The number of aryl methyl sites for hydroxylation is 2. The topological polar surface area (TPSA) is 65.0 Å². The van der Waals surface area contributed by atoms with E-state index in [2.05, 4.69) is 0 Å². The summed E-state index contributed by atoms with van der Waals surface area (Å²) in [4.78, 5) is 10.9. The van der Waals surface area contributed by atoms with Gasteiger partial charge in [0.2, 0.25) is 0 Å². The molecule has 0 amide bonds. The van der Waals surface area contributed by atoms with Gasteiger partial charge in [0, 0.05) is 23.6 Å². The number of alkyl halides is 3. The molecule has 0 fully saturated rings. The number of halogens is 5. The molecule has 0 aromatic heterocycles. The Bertz CT molecular complexity index is 1500. The van der Waals surface area contributed by atoms with Crippen LogP contribution in [0.25, 0.3) is 0 Å². The van der Waals surface area contributed by atoms with Crippen LogP contribution >= 0.6 is 11.6 Å². The highest BCUT2D eigenvalue weighted by Gasteiger charge is 2.31. The first-order chi connectivity index (χ1) is 19.5. The van der Waals surface area contributed by atoms with Crippen molar-refractivity contribution < 1.29 is 41.7 Å². The average Bonchev–Trinajstić information content (AvgIpc) is 2.89. The summed E-state index contributed by atoms with van der Waals surface area (Å²) in [6, 6.07) is 17.3. The van der Waals surface area contributed by atoms with Crippen molar-refractivity contribution in [3.8, 4) is 34.5 Å². The van der Waals surface area contributed by atoms with E-state index in [0.29, 0.717) is 12.2 Å². The van der Waals surface area contributed by atoms with Crippen LogP contribution in [0.15, 0.2) is 78.9 Å². The molecule has 0 aliphatic rings. The molecule has 0 aliphatic heterocycles. The van der Waals surface area contributed by atoms with Gasteiger partial charge in [0.25, 0.3) is 0 Å². The predicted molar refractivity (Wildman–Crippen MR) is 148 cm³/mol. The van der Waals surface area contributed by atoms with Crippen molar-refractivity contribution in [2.24, 2.45) is 0 Å². The van der Waals surface area contributed by atoms with Crippen LogP contribution in [0.1, 0.15) is 37.0 Å². The van der Waals surface area contributed by atoms with Crippen molar-refractivity contribution in [1.82, 2.24) is 0 Å². The van der Waals surface area contributed by atoms with Gasteiger partial charge in [-0.05, 0) is 79.1 Å². The van der Waals surface area contributed by atoms with E-state index in [0.717, 1.165) is 35.4 Å². The normalized spacial score (nSPS) is 10.8. The Kier molecular flexibility index (Phi) is 10.6. The van der Waals surface area contributed by atoms with Gasteiger partial charge in [-0.15, -0.1) is 0 Å². The fraction of sp³-hybridized carbons (Fsp3) is 0.194. The summed E-state index contributed by atoms with van der Waals surface area (Å²) in [6.07, 6.45) is -4.26. The van der Waals surface area contributed by atoms with Gasteiger partial charge in [-0.2, -0.15) is 13.2 Å². The molecule has 4 aromatic rings. The highest BCUT2D eigenvalue weighted by atomic mass is 35.5. The molecule has 41 heavy (non-hydrogen) atoms. The standard InChI is InChI=1S/C29H21ClF4O5.C2H6/c1-17-11-23(8-5-18(17)6-10-28(35)36)37-24-13-20(30)14-25(16-24)39-26-9-7-19(29(32,33)34)12-27(26)38-22-4-2-3-21(31)15-22;1-2/h2-5,7-9,11-16H,6,10H2,1H3,(H,35,36);1-2H3. The van der Waals surface area contributed by atoms with Crippen molar-refractivity contribution in [2.75, 3.05) is 0 Å². The Morgan fingerprint density at radius 3 is 2.10 bits per heavy atom. The Morgan fingerprint density at radius 2 is 1.46 bits per heavy atom. The molecular weight excluding hydrogens is 564 g/mol. The lowest BCUT2D eigenvalue weighted by Gasteiger charge is -2.16. The molecule has 0 atom stereocenters. The van der Waals surface area contributed by atoms with Crippen LogP contribution in [0.5, 0.6) is 34.5 Å². The second kappa shape index (κ2) is 13.9. The van der Waals surface area contributed by atoms with Crippen molar-refractivity contribution in [3.05, 3.63) is 106 Å². The number of benzene rings is 4. The zero-order valence-corrected chi connectivity index (χ0v) is 23.1. The molecule has 0 saturated carbocycles. The third kappa shape index (κ3) is 9.14. The third-order valence-corrected chi connectivity index (χ3v) is 5.74. The molecule has 1 N–H and O–H groups in total. The molecule has 0 unspecified atom stereocenters. The van der Waals surface area contributed by atoms with Crippen LogP contribution in [0.3, 0.4) is 0 Å². The molecule has 4 rings (SSSR count). The Labute approximate surface area is 239 Å². The number of carbonyl (C=O) groups is 1. The van der Waals surface area contributed by atoms with Gasteiger partial charge in [0.1, 0.15) is 28.8 Å². The number of hydrogen-bond acceptors (Lipinski definition) is 4. The maximum Gasteiger partial charge on any atom is 0.416 e. The van der Waals surface area contributed by atoms with Gasteiger partial charge in [0.05, 0.1) is 5.56 Å². The lowest BCUT2D eigenvalue weighted by Crippen LogP contribution is -2.05. The van der Waals surface area contributed by atoms with Crippen LogP contribution in [0.4, 0.5) is 17.6 Å². The molecule has 0 heterocycles. The minimum atomic E-state index is -4.64. The molecule has 0 bridgehead atoms. The molecular formula is C31H27ClF4O5. The summed E-state index contributed by atoms with van der Waals surface area (Å²) in [7, 11) is 0. The summed E-state index contributed by atoms with van der Waals surface area (Å²) in [6.45, 7) is 5.83. The minimum Gasteiger partial charge on any atom is -0.481 e. The maximum absolute atomic E-state index is 13.6. The molecule has 10 heteroatoms. The van der Waals surface area contributed by atoms with E-state index in [1.807, 2.05) is 20.8 Å². The van der Waals surface area contributed by atoms with Crippen molar-refractivity contribution in [2.45, 2.75) is 39.8 Å². The Morgan fingerprint density at radius 1 is 0.805 bits per heavy atom. The number of rotatable bonds is 9. The third-order valence-electron chi connectivity index (χ3n) is 5.53. The van der Waals surface area contributed by atoms with Crippen LogP contribution in [-0.2, 0) is 17.4 Å². The van der Waals surface area contributed by atoms with Crippen LogP contribution in [0, 0.1) is 12.7 Å². The first kappa shape index (κ1) is 31.3. The van der Waals surface area contributed by atoms with E-state index in [1.54, 1.807) is 18.2 Å². The van der Waals surface area contributed by atoms with Gasteiger partial charge in [-0.3, -0.25) is 4.79 Å². The SMILES string of the molecule is CC.Cc1cc(Oc2cc(Cl)cc(Oc3ccc(C(F)(F)F)cc3Oc3cccc(F)c3)c2)ccc1CCC(=O)O. The second-order valence-electron chi connectivity index (χ2n) is 8.53. The number of aliphatic carboxylic acids is 1. The fourth-order valence-electron chi connectivity index (χ4n) is 3.68. The molecule has 216 valence electrons. The molecule has 0 radical (unpaired) electrons. The van der Waals surface area contributed by atoms with E-state index in [-0.39, 0.29) is 40.2 Å². The van der Waals surface area contributed by atoms with E-state index in [1.165, 1.54) is 36.4 Å². The van der Waals surface area contributed by atoms with Crippen molar-refractivity contribution >= 4 is 17.6 Å². The molecule has 0 saturated heterocycles. The molecule has 0 spiro atoms. The quantitative estimate of drug-likeness (QED) is 0.196. The maximum atomic E-state index is 13.6. The molecule has 0 aliphatic carbocycles. The molecule has 5 nitrogen and oxygen atoms in total. The van der Waals surface area contributed by atoms with Crippen LogP contribution in [0.2, 0.25) is 5.02 Å². The van der Waals surface area contributed by atoms with E-state index in [4.69, 9.17) is 30.9 Å². The minimum absolute atomic E-state index is 0.00486. The second-order valence-corrected chi connectivity index (χ2v) is 8.96.